The van der Waals surface area contributed by atoms with Gasteiger partial charge in [-0.3, -0.25) is 0 Å². The van der Waals surface area contributed by atoms with Crippen LogP contribution in [0.3, 0.4) is 0 Å². The molecule has 0 amide bonds. The number of aromatic nitrogens is 3. The molecule has 0 spiro atoms. The number of benzene rings is 1. The molecule has 2 aromatic rings. The van der Waals surface area contributed by atoms with Crippen molar-refractivity contribution >= 4 is 15.9 Å². The van der Waals surface area contributed by atoms with Gasteiger partial charge in [0, 0.05) is 23.7 Å². The summed E-state index contributed by atoms with van der Waals surface area (Å²) >= 11 is 3.52. The summed E-state index contributed by atoms with van der Waals surface area (Å²) in [6, 6.07) is 6.34. The second-order valence-corrected chi connectivity index (χ2v) is 6.58. The van der Waals surface area contributed by atoms with Crippen LogP contribution in [0.15, 0.2) is 28.9 Å². The third-order valence-electron chi connectivity index (χ3n) is 3.93. The zero-order valence-electron chi connectivity index (χ0n) is 12.3. The predicted octanol–water partition coefficient (Wildman–Crippen LogP) is 3.51. The van der Waals surface area contributed by atoms with Crippen LogP contribution in [0, 0.1) is 6.92 Å². The van der Waals surface area contributed by atoms with E-state index < -0.39 is 0 Å². The Labute approximate surface area is 133 Å². The first kappa shape index (κ1) is 14.7. The Hall–Kier alpha value is -1.20. The lowest BCUT2D eigenvalue weighted by molar-refractivity contribution is 0.00370. The summed E-state index contributed by atoms with van der Waals surface area (Å²) in [5.41, 5.74) is 3.57. The molecule has 1 atom stereocenters. The molecule has 3 rings (SSSR count). The van der Waals surface area contributed by atoms with Crippen LogP contribution in [-0.4, -0.2) is 27.7 Å². The summed E-state index contributed by atoms with van der Waals surface area (Å²) in [5, 5.41) is 8.52. The van der Waals surface area contributed by atoms with Gasteiger partial charge in [-0.2, -0.15) is 0 Å². The Morgan fingerprint density at radius 1 is 1.38 bits per heavy atom. The molecule has 112 valence electrons. The largest absolute Gasteiger partial charge is 0.376 e. The van der Waals surface area contributed by atoms with Crippen LogP contribution < -0.4 is 0 Å². The predicted molar refractivity (Wildman–Crippen MR) is 85.3 cm³/mol. The number of rotatable bonds is 4. The van der Waals surface area contributed by atoms with Gasteiger partial charge in [-0.15, -0.1) is 5.10 Å². The lowest BCUT2D eigenvalue weighted by atomic mass is 10.0. The highest BCUT2D eigenvalue weighted by molar-refractivity contribution is 9.10. The van der Waals surface area contributed by atoms with E-state index in [4.69, 9.17) is 4.74 Å². The average molecular weight is 350 g/mol. The molecule has 1 aromatic heterocycles. The van der Waals surface area contributed by atoms with Crippen molar-refractivity contribution in [2.75, 3.05) is 6.61 Å². The number of aryl methyl sites for hydroxylation is 1. The summed E-state index contributed by atoms with van der Waals surface area (Å²) in [6.45, 7) is 3.82. The molecular formula is C16H20BrN3O. The maximum absolute atomic E-state index is 5.75. The van der Waals surface area contributed by atoms with Crippen LogP contribution in [0.25, 0.3) is 0 Å². The smallest absolute Gasteiger partial charge is 0.0870 e. The molecule has 4 nitrogen and oxygen atoms in total. The van der Waals surface area contributed by atoms with Crippen molar-refractivity contribution in [3.05, 3.63) is 45.7 Å². The molecule has 5 heteroatoms. The van der Waals surface area contributed by atoms with Gasteiger partial charge in [-0.1, -0.05) is 27.2 Å². The van der Waals surface area contributed by atoms with E-state index >= 15 is 0 Å². The van der Waals surface area contributed by atoms with E-state index in [9.17, 15) is 0 Å². The van der Waals surface area contributed by atoms with Gasteiger partial charge in [0.2, 0.25) is 0 Å². The van der Waals surface area contributed by atoms with E-state index in [0.717, 1.165) is 36.2 Å². The van der Waals surface area contributed by atoms with Crippen LogP contribution in [-0.2, 0) is 17.7 Å². The van der Waals surface area contributed by atoms with Crippen molar-refractivity contribution in [1.82, 2.24) is 15.0 Å². The Morgan fingerprint density at radius 3 is 3.10 bits per heavy atom. The molecule has 21 heavy (non-hydrogen) atoms. The molecular weight excluding hydrogens is 330 g/mol. The van der Waals surface area contributed by atoms with Crippen molar-refractivity contribution in [3.63, 3.8) is 0 Å². The topological polar surface area (TPSA) is 39.9 Å². The standard InChI is InChI=1S/C16H20BrN3O/c1-12-5-6-14(17)8-13(12)9-15-10-20(19-18-15)11-16-4-2-3-7-21-16/h5-6,8,10,16H,2-4,7,9,11H2,1H3. The molecule has 1 aromatic carbocycles. The molecule has 1 unspecified atom stereocenters. The molecule has 0 bridgehead atoms. The fourth-order valence-electron chi connectivity index (χ4n) is 2.69. The third kappa shape index (κ3) is 3.92. The summed E-state index contributed by atoms with van der Waals surface area (Å²) in [7, 11) is 0. The van der Waals surface area contributed by atoms with Gasteiger partial charge in [0.25, 0.3) is 0 Å². The van der Waals surface area contributed by atoms with Gasteiger partial charge < -0.3 is 4.74 Å². The lowest BCUT2D eigenvalue weighted by Gasteiger charge is -2.21. The summed E-state index contributed by atoms with van der Waals surface area (Å²) in [5.74, 6) is 0. The molecule has 0 aliphatic carbocycles. The summed E-state index contributed by atoms with van der Waals surface area (Å²) in [6.07, 6.45) is 6.71. The summed E-state index contributed by atoms with van der Waals surface area (Å²) < 4.78 is 8.77. The van der Waals surface area contributed by atoms with E-state index in [1.807, 2.05) is 10.9 Å². The highest BCUT2D eigenvalue weighted by Gasteiger charge is 2.15. The third-order valence-corrected chi connectivity index (χ3v) is 4.43. The van der Waals surface area contributed by atoms with E-state index in [1.54, 1.807) is 0 Å². The second kappa shape index (κ2) is 6.71. The number of hydrogen-bond acceptors (Lipinski definition) is 3. The van der Waals surface area contributed by atoms with Crippen molar-refractivity contribution in [1.29, 1.82) is 0 Å². The first-order valence-corrected chi connectivity index (χ1v) is 8.25. The quantitative estimate of drug-likeness (QED) is 0.847. The normalized spacial score (nSPS) is 18.9. The first-order chi connectivity index (χ1) is 10.2. The fraction of sp³-hybridized carbons (Fsp3) is 0.500. The molecule has 1 fully saturated rings. The molecule has 0 N–H and O–H groups in total. The van der Waals surface area contributed by atoms with Crippen molar-refractivity contribution < 1.29 is 4.74 Å². The minimum absolute atomic E-state index is 0.293. The van der Waals surface area contributed by atoms with E-state index in [0.29, 0.717) is 6.10 Å². The zero-order chi connectivity index (χ0) is 14.7. The van der Waals surface area contributed by atoms with E-state index in [-0.39, 0.29) is 0 Å². The van der Waals surface area contributed by atoms with E-state index in [2.05, 4.69) is 51.4 Å². The van der Waals surface area contributed by atoms with E-state index in [1.165, 1.54) is 24.0 Å². The van der Waals surface area contributed by atoms with Gasteiger partial charge in [-0.25, -0.2) is 4.68 Å². The Bertz CT molecular complexity index is 605. The van der Waals surface area contributed by atoms with Gasteiger partial charge in [-0.05, 0) is 49.4 Å². The SMILES string of the molecule is Cc1ccc(Br)cc1Cc1cn(CC2CCCCO2)nn1. The minimum Gasteiger partial charge on any atom is -0.376 e. The van der Waals surface area contributed by atoms with Crippen molar-refractivity contribution in [2.24, 2.45) is 0 Å². The monoisotopic (exact) mass is 349 g/mol. The minimum atomic E-state index is 0.293. The summed E-state index contributed by atoms with van der Waals surface area (Å²) in [4.78, 5) is 0. The zero-order valence-corrected chi connectivity index (χ0v) is 13.8. The number of nitrogens with zero attached hydrogens (tertiary/aromatic N) is 3. The van der Waals surface area contributed by atoms with Crippen molar-refractivity contribution in [2.45, 2.75) is 45.3 Å². The molecule has 0 saturated carbocycles. The van der Waals surface area contributed by atoms with Gasteiger partial charge in [0.15, 0.2) is 0 Å². The Kier molecular flexibility index (Phi) is 4.70. The van der Waals surface area contributed by atoms with Crippen LogP contribution in [0.1, 0.15) is 36.1 Å². The molecule has 2 heterocycles. The number of halogens is 1. The maximum atomic E-state index is 5.75. The maximum Gasteiger partial charge on any atom is 0.0870 e. The van der Waals surface area contributed by atoms with Crippen LogP contribution in [0.2, 0.25) is 0 Å². The van der Waals surface area contributed by atoms with Gasteiger partial charge in [0.05, 0.1) is 18.3 Å². The first-order valence-electron chi connectivity index (χ1n) is 7.46. The lowest BCUT2D eigenvalue weighted by Crippen LogP contribution is -2.24. The number of hydrogen-bond donors (Lipinski definition) is 0. The molecule has 1 aliphatic heterocycles. The molecule has 0 radical (unpaired) electrons. The molecule has 1 aliphatic rings. The Morgan fingerprint density at radius 2 is 2.29 bits per heavy atom. The molecule has 1 saturated heterocycles. The van der Waals surface area contributed by atoms with Gasteiger partial charge >= 0.3 is 0 Å². The van der Waals surface area contributed by atoms with Gasteiger partial charge in [0.1, 0.15) is 0 Å². The highest BCUT2D eigenvalue weighted by Crippen LogP contribution is 2.19. The van der Waals surface area contributed by atoms with Crippen LogP contribution in [0.4, 0.5) is 0 Å². The Balaban J connectivity index is 1.65. The van der Waals surface area contributed by atoms with Crippen LogP contribution in [0.5, 0.6) is 0 Å². The average Bonchev–Trinajstić information content (AvgIpc) is 2.91. The van der Waals surface area contributed by atoms with Crippen LogP contribution >= 0.6 is 15.9 Å². The van der Waals surface area contributed by atoms with Crippen molar-refractivity contribution in [3.8, 4) is 0 Å². The highest BCUT2D eigenvalue weighted by atomic mass is 79.9. The second-order valence-electron chi connectivity index (χ2n) is 5.67. The fourth-order valence-corrected chi connectivity index (χ4v) is 3.10. The number of ether oxygens (including phenoxy) is 1.